The van der Waals surface area contributed by atoms with Crippen molar-refractivity contribution in [3.63, 3.8) is 0 Å². The van der Waals surface area contributed by atoms with E-state index in [0.29, 0.717) is 0 Å². The highest BCUT2D eigenvalue weighted by Gasteiger charge is 2.49. The first-order chi connectivity index (χ1) is 10.0. The second kappa shape index (κ2) is 5.61. The molecule has 1 saturated heterocycles. The third-order valence-corrected chi connectivity index (χ3v) is 4.54. The summed E-state index contributed by atoms with van der Waals surface area (Å²) >= 11 is 0. The predicted octanol–water partition coefficient (Wildman–Crippen LogP) is 1.67. The Hall–Kier alpha value is -1.49. The van der Waals surface area contributed by atoms with Gasteiger partial charge in [-0.25, -0.2) is 4.79 Å². The van der Waals surface area contributed by atoms with Crippen LogP contribution in [0.1, 0.15) is 19.3 Å². The number of piperidine rings is 1. The number of hydrogen-bond donors (Lipinski definition) is 1. The summed E-state index contributed by atoms with van der Waals surface area (Å²) in [6.07, 6.45) is 0.473. The van der Waals surface area contributed by atoms with Gasteiger partial charge in [0.15, 0.2) is 0 Å². The van der Waals surface area contributed by atoms with Gasteiger partial charge in [0.1, 0.15) is 5.76 Å². The first-order valence-electron chi connectivity index (χ1n) is 6.39. The Balaban J connectivity index is 2.12. The maximum absolute atomic E-state index is 12.3. The van der Waals surface area contributed by atoms with Gasteiger partial charge in [-0.1, -0.05) is 0 Å². The Labute approximate surface area is 124 Å². The van der Waals surface area contributed by atoms with Crippen molar-refractivity contribution in [2.45, 2.75) is 30.4 Å². The summed E-state index contributed by atoms with van der Waals surface area (Å²) in [6.45, 7) is 0.294. The molecule has 22 heavy (non-hydrogen) atoms. The lowest BCUT2D eigenvalue weighted by molar-refractivity contribution is -0.0643. The molecule has 2 rings (SSSR count). The molecule has 0 unspecified atom stereocenters. The normalized spacial score (nSPS) is 22.3. The highest BCUT2D eigenvalue weighted by Crippen LogP contribution is 2.35. The lowest BCUT2D eigenvalue weighted by Crippen LogP contribution is -2.48. The van der Waals surface area contributed by atoms with E-state index in [2.05, 4.69) is 4.18 Å². The molecule has 126 valence electrons. The topological polar surface area (TPSA) is 93.1 Å². The van der Waals surface area contributed by atoms with E-state index in [1.165, 1.54) is 6.08 Å². The van der Waals surface area contributed by atoms with Crippen molar-refractivity contribution >= 4 is 16.2 Å². The van der Waals surface area contributed by atoms with Gasteiger partial charge in [0.2, 0.25) is 0 Å². The standard InChI is InChI=1S/C11H14F3NO6S/c12-11(13,14)22(18,19)21-8-1-6-20-10(7-8)2-4-15(5-3-10)9(16)17/h7H,1-6H2,(H,16,17). The van der Waals surface area contributed by atoms with Gasteiger partial charge in [0, 0.05) is 19.5 Å². The quantitative estimate of drug-likeness (QED) is 0.604. The average molecular weight is 345 g/mol. The molecule has 2 heterocycles. The number of carbonyl (C=O) groups is 1. The number of rotatable bonds is 2. The van der Waals surface area contributed by atoms with Gasteiger partial charge in [-0.05, 0) is 18.9 Å². The predicted molar refractivity (Wildman–Crippen MR) is 66.3 cm³/mol. The van der Waals surface area contributed by atoms with Crippen molar-refractivity contribution in [1.29, 1.82) is 0 Å². The van der Waals surface area contributed by atoms with Crippen molar-refractivity contribution in [2.75, 3.05) is 19.7 Å². The fourth-order valence-corrected chi connectivity index (χ4v) is 2.89. The molecular formula is C11H14F3NO6S. The Morgan fingerprint density at radius 1 is 1.36 bits per heavy atom. The molecule has 7 nitrogen and oxygen atoms in total. The van der Waals surface area contributed by atoms with Crippen LogP contribution in [0.15, 0.2) is 11.8 Å². The molecular weight excluding hydrogens is 331 g/mol. The number of alkyl halides is 3. The number of halogens is 3. The number of ether oxygens (including phenoxy) is 1. The minimum atomic E-state index is -5.71. The SMILES string of the molecule is O=C(O)N1CCC2(C=C(OS(=O)(=O)C(F)(F)F)CCO2)CC1. The molecule has 0 aromatic carbocycles. The van der Waals surface area contributed by atoms with Crippen molar-refractivity contribution in [2.24, 2.45) is 0 Å². The van der Waals surface area contributed by atoms with E-state index in [1.807, 2.05) is 0 Å². The maximum Gasteiger partial charge on any atom is 0.534 e. The third-order valence-electron chi connectivity index (χ3n) is 3.54. The van der Waals surface area contributed by atoms with Gasteiger partial charge in [0.05, 0.1) is 12.2 Å². The van der Waals surface area contributed by atoms with Gasteiger partial charge in [0.25, 0.3) is 0 Å². The first-order valence-corrected chi connectivity index (χ1v) is 7.80. The van der Waals surface area contributed by atoms with E-state index >= 15 is 0 Å². The summed E-state index contributed by atoms with van der Waals surface area (Å²) in [7, 11) is -5.71. The Bertz CT molecular complexity index is 577. The van der Waals surface area contributed by atoms with Gasteiger partial charge in [-0.3, -0.25) is 0 Å². The maximum atomic E-state index is 12.3. The number of nitrogens with zero attached hydrogens (tertiary/aromatic N) is 1. The molecule has 2 aliphatic rings. The van der Waals surface area contributed by atoms with Gasteiger partial charge < -0.3 is 18.9 Å². The van der Waals surface area contributed by atoms with Crippen LogP contribution in [0.2, 0.25) is 0 Å². The van der Waals surface area contributed by atoms with Crippen LogP contribution in [0.4, 0.5) is 18.0 Å². The number of carboxylic acid groups (broad SMARTS) is 1. The van der Waals surface area contributed by atoms with E-state index in [4.69, 9.17) is 9.84 Å². The summed E-state index contributed by atoms with van der Waals surface area (Å²) in [4.78, 5) is 12.0. The van der Waals surface area contributed by atoms with E-state index in [-0.39, 0.29) is 44.7 Å². The zero-order chi connectivity index (χ0) is 16.6. The van der Waals surface area contributed by atoms with Crippen LogP contribution in [0.5, 0.6) is 0 Å². The van der Waals surface area contributed by atoms with Crippen LogP contribution in [0.3, 0.4) is 0 Å². The summed E-state index contributed by atoms with van der Waals surface area (Å²) in [5.74, 6) is -0.327. The van der Waals surface area contributed by atoms with Gasteiger partial charge in [-0.2, -0.15) is 21.6 Å². The van der Waals surface area contributed by atoms with Crippen LogP contribution >= 0.6 is 0 Å². The largest absolute Gasteiger partial charge is 0.534 e. The lowest BCUT2D eigenvalue weighted by Gasteiger charge is -2.41. The lowest BCUT2D eigenvalue weighted by atomic mass is 9.89. The highest BCUT2D eigenvalue weighted by molar-refractivity contribution is 7.87. The van der Waals surface area contributed by atoms with E-state index in [9.17, 15) is 26.4 Å². The third kappa shape index (κ3) is 3.46. The minimum Gasteiger partial charge on any atom is -0.465 e. The summed E-state index contributed by atoms with van der Waals surface area (Å²) < 4.78 is 68.6. The summed E-state index contributed by atoms with van der Waals surface area (Å²) in [5, 5.41) is 8.86. The zero-order valence-electron chi connectivity index (χ0n) is 11.3. The Morgan fingerprint density at radius 2 is 1.95 bits per heavy atom. The Kier molecular flexibility index (Phi) is 4.30. The molecule has 0 bridgehead atoms. The van der Waals surface area contributed by atoms with E-state index in [1.54, 1.807) is 0 Å². The van der Waals surface area contributed by atoms with Crippen molar-refractivity contribution in [3.05, 3.63) is 11.8 Å². The summed E-state index contributed by atoms with van der Waals surface area (Å²) in [5.41, 5.74) is -6.48. The minimum absolute atomic E-state index is 0.00623. The second-order valence-electron chi connectivity index (χ2n) is 5.03. The van der Waals surface area contributed by atoms with Crippen molar-refractivity contribution < 1.29 is 40.4 Å². The van der Waals surface area contributed by atoms with E-state index in [0.717, 1.165) is 4.90 Å². The molecule has 0 atom stereocenters. The fraction of sp³-hybridized carbons (Fsp3) is 0.727. The smallest absolute Gasteiger partial charge is 0.465 e. The fourth-order valence-electron chi connectivity index (χ4n) is 2.38. The number of likely N-dealkylation sites (tertiary alicyclic amines) is 1. The Morgan fingerprint density at radius 3 is 2.45 bits per heavy atom. The van der Waals surface area contributed by atoms with E-state index < -0.39 is 27.3 Å². The summed E-state index contributed by atoms with van der Waals surface area (Å²) in [6, 6.07) is 0. The molecule has 0 aromatic heterocycles. The van der Waals surface area contributed by atoms with Crippen LogP contribution in [-0.2, 0) is 19.0 Å². The molecule has 0 aliphatic carbocycles. The molecule has 1 spiro atoms. The molecule has 0 radical (unpaired) electrons. The van der Waals surface area contributed by atoms with Crippen LogP contribution in [0.25, 0.3) is 0 Å². The second-order valence-corrected chi connectivity index (χ2v) is 6.56. The van der Waals surface area contributed by atoms with Crippen molar-refractivity contribution in [1.82, 2.24) is 4.90 Å². The monoisotopic (exact) mass is 345 g/mol. The van der Waals surface area contributed by atoms with Crippen LogP contribution in [0, 0.1) is 0 Å². The highest BCUT2D eigenvalue weighted by atomic mass is 32.2. The molecule has 11 heteroatoms. The van der Waals surface area contributed by atoms with Gasteiger partial charge in [-0.15, -0.1) is 0 Å². The molecule has 0 saturated carbocycles. The molecule has 1 amide bonds. The van der Waals surface area contributed by atoms with Crippen molar-refractivity contribution in [3.8, 4) is 0 Å². The number of amides is 1. The van der Waals surface area contributed by atoms with Gasteiger partial charge >= 0.3 is 21.7 Å². The first kappa shape index (κ1) is 16.9. The molecule has 1 fully saturated rings. The molecule has 2 aliphatic heterocycles. The average Bonchev–Trinajstić information content (AvgIpc) is 2.37. The number of hydrogen-bond acceptors (Lipinski definition) is 5. The zero-order valence-corrected chi connectivity index (χ0v) is 12.1. The van der Waals surface area contributed by atoms with Crippen LogP contribution in [-0.4, -0.2) is 55.3 Å². The molecule has 0 aromatic rings. The van der Waals surface area contributed by atoms with Crippen LogP contribution < -0.4 is 0 Å². The molecule has 1 N–H and O–H groups in total.